The second-order valence-corrected chi connectivity index (χ2v) is 4.84. The van der Waals surface area contributed by atoms with E-state index in [1.807, 2.05) is 0 Å². The number of hydrogen-bond donors (Lipinski definition) is 0. The van der Waals surface area contributed by atoms with Crippen LogP contribution in [0.2, 0.25) is 5.15 Å². The Morgan fingerprint density at radius 3 is 3.11 bits per heavy atom. The van der Waals surface area contributed by atoms with E-state index in [0.29, 0.717) is 16.2 Å². The number of amides is 1. The number of pyridine rings is 1. The van der Waals surface area contributed by atoms with Crippen LogP contribution in [0.25, 0.3) is 10.9 Å². The molecule has 0 saturated carbocycles. The van der Waals surface area contributed by atoms with Crippen LogP contribution in [-0.4, -0.2) is 42.0 Å². The first-order chi connectivity index (χ1) is 10.3. The van der Waals surface area contributed by atoms with Crippen molar-refractivity contribution in [1.29, 1.82) is 0 Å². The second-order valence-electron chi connectivity index (χ2n) is 4.46. The van der Waals surface area contributed by atoms with Crippen LogP contribution in [0.3, 0.4) is 0 Å². The van der Waals surface area contributed by atoms with Crippen molar-refractivity contribution >= 4 is 28.4 Å². The number of nitrogens with zero attached hydrogens (tertiary/aromatic N) is 2. The predicted molar refractivity (Wildman–Crippen MR) is 73.5 cm³/mol. The monoisotopic (exact) mass is 279 g/mol. The maximum Gasteiger partial charge on any atom is 0.254 e. The number of rotatable bonds is 2. The predicted octanol–water partition coefficient (Wildman–Crippen LogP) is 2.36. The lowest BCUT2D eigenvalue weighted by atomic mass is 10.0. The Morgan fingerprint density at radius 2 is 2.32 bits per heavy atom. The Balaban J connectivity index is 1.77. The molecule has 3 rings (SSSR count). The molecule has 1 aromatic heterocycles. The maximum absolute atomic E-state index is 12.5. The van der Waals surface area contributed by atoms with Gasteiger partial charge in [-0.3, -0.25) is 4.79 Å². The van der Waals surface area contributed by atoms with Gasteiger partial charge in [-0.25, -0.2) is 4.98 Å². The molecule has 2 heterocycles. The van der Waals surface area contributed by atoms with Gasteiger partial charge in [0.15, 0.2) is 0 Å². The van der Waals surface area contributed by atoms with Crippen LogP contribution >= 0.6 is 11.6 Å². The summed E-state index contributed by atoms with van der Waals surface area (Å²) in [5.41, 5.74) is 1.17. The molecule has 1 saturated heterocycles. The van der Waals surface area contributed by atoms with E-state index in [1.54, 1.807) is 35.2 Å². The molecule has 0 spiro atoms. The third kappa shape index (κ3) is 2.17. The zero-order valence-corrected chi connectivity index (χ0v) is 10.7. The molecule has 0 radical (unpaired) electrons. The molecule has 0 bridgehead atoms. The van der Waals surface area contributed by atoms with Crippen molar-refractivity contribution in [2.24, 2.45) is 0 Å². The van der Waals surface area contributed by atoms with E-state index in [0.717, 1.165) is 5.39 Å². The van der Waals surface area contributed by atoms with Gasteiger partial charge in [-0.1, -0.05) is 17.7 Å². The molecule has 0 N–H and O–H groups in total. The molecule has 1 aliphatic rings. The van der Waals surface area contributed by atoms with E-state index in [2.05, 4.69) is 4.98 Å². The minimum atomic E-state index is -2.43. The maximum atomic E-state index is 12.5. The smallest absolute Gasteiger partial charge is 0.254 e. The highest BCUT2D eigenvalue weighted by Gasteiger charge is 2.31. The van der Waals surface area contributed by atoms with Gasteiger partial charge in [0.1, 0.15) is 5.15 Å². The normalized spacial score (nSPS) is 18.6. The van der Waals surface area contributed by atoms with Crippen LogP contribution in [0.1, 0.15) is 14.5 Å². The molecule has 1 fully saturated rings. The van der Waals surface area contributed by atoms with E-state index < -0.39 is 13.1 Å². The van der Waals surface area contributed by atoms with Crippen LogP contribution in [-0.2, 0) is 4.74 Å². The standard InChI is InChI=1S/C14H13ClN2O2/c1-19-9-7-17(8-9)14(18)11-3-2-4-12-10(11)5-6-13(15)16-12/h2-6,9H,7-8H2,1H3/i1D3. The summed E-state index contributed by atoms with van der Waals surface area (Å²) < 4.78 is 26.0. The van der Waals surface area contributed by atoms with Gasteiger partial charge in [0.25, 0.3) is 5.91 Å². The number of likely N-dealkylation sites (tertiary alicyclic amines) is 1. The average molecular weight is 280 g/mol. The molecule has 1 aromatic carbocycles. The summed E-state index contributed by atoms with van der Waals surface area (Å²) in [6.07, 6.45) is -0.445. The zero-order valence-electron chi connectivity index (χ0n) is 13.0. The molecule has 19 heavy (non-hydrogen) atoms. The molecule has 0 atom stereocenters. The molecular formula is C14H13ClN2O2. The van der Waals surface area contributed by atoms with Crippen LogP contribution in [0.5, 0.6) is 0 Å². The third-order valence-corrected chi connectivity index (χ3v) is 3.44. The number of fused-ring (bicyclic) bond motifs is 1. The highest BCUT2D eigenvalue weighted by atomic mass is 35.5. The molecule has 5 heteroatoms. The van der Waals surface area contributed by atoms with E-state index in [4.69, 9.17) is 20.5 Å². The Morgan fingerprint density at radius 1 is 1.47 bits per heavy atom. The SMILES string of the molecule is [2H]C([2H])([2H])OC1CN(C(=O)c2cccc3nc(Cl)ccc23)C1. The first-order valence-electron chi connectivity index (χ1n) is 7.36. The fourth-order valence-electron chi connectivity index (χ4n) is 2.17. The van der Waals surface area contributed by atoms with Gasteiger partial charge in [-0.05, 0) is 24.3 Å². The summed E-state index contributed by atoms with van der Waals surface area (Å²) in [6, 6.07) is 8.65. The van der Waals surface area contributed by atoms with Gasteiger partial charge in [0, 0.05) is 31.1 Å². The number of ether oxygens (including phenoxy) is 1. The van der Waals surface area contributed by atoms with Crippen molar-refractivity contribution in [2.45, 2.75) is 6.10 Å². The summed E-state index contributed by atoms with van der Waals surface area (Å²) >= 11 is 5.86. The van der Waals surface area contributed by atoms with Crippen LogP contribution in [0, 0.1) is 0 Å². The molecule has 98 valence electrons. The topological polar surface area (TPSA) is 42.4 Å². The van der Waals surface area contributed by atoms with Crippen LogP contribution < -0.4 is 0 Å². The first kappa shape index (κ1) is 9.28. The lowest BCUT2D eigenvalue weighted by molar-refractivity contribution is -0.0191. The van der Waals surface area contributed by atoms with Crippen molar-refractivity contribution in [3.63, 3.8) is 0 Å². The minimum Gasteiger partial charge on any atom is -0.378 e. The van der Waals surface area contributed by atoms with Gasteiger partial charge in [-0.15, -0.1) is 0 Å². The molecule has 4 nitrogen and oxygen atoms in total. The Kier molecular flexibility index (Phi) is 2.34. The quantitative estimate of drug-likeness (QED) is 0.793. The summed E-state index contributed by atoms with van der Waals surface area (Å²) in [4.78, 5) is 18.2. The molecule has 1 amide bonds. The number of methoxy groups -OCH3 is 1. The summed E-state index contributed by atoms with van der Waals surface area (Å²) in [6.45, 7) is 0.545. The fourth-order valence-corrected chi connectivity index (χ4v) is 2.32. The highest BCUT2D eigenvalue weighted by molar-refractivity contribution is 6.29. The lowest BCUT2D eigenvalue weighted by Gasteiger charge is -2.38. The average Bonchev–Trinajstić information content (AvgIpc) is 2.39. The molecular weight excluding hydrogens is 264 g/mol. The first-order valence-corrected chi connectivity index (χ1v) is 6.24. The van der Waals surface area contributed by atoms with Gasteiger partial charge in [0.2, 0.25) is 0 Å². The van der Waals surface area contributed by atoms with E-state index >= 15 is 0 Å². The minimum absolute atomic E-state index is 0.167. The van der Waals surface area contributed by atoms with Crippen molar-refractivity contribution in [1.82, 2.24) is 9.88 Å². The molecule has 0 aliphatic carbocycles. The number of carbonyl (C=O) groups excluding carboxylic acids is 1. The summed E-state index contributed by atoms with van der Waals surface area (Å²) in [7, 11) is -2.43. The number of halogens is 1. The van der Waals surface area contributed by atoms with Crippen LogP contribution in [0.15, 0.2) is 30.3 Å². The summed E-state index contributed by atoms with van der Waals surface area (Å²) in [5, 5.41) is 1.09. The lowest BCUT2D eigenvalue weighted by Crippen LogP contribution is -2.54. The van der Waals surface area contributed by atoms with Crippen LogP contribution in [0.4, 0.5) is 0 Å². The number of benzene rings is 1. The van der Waals surface area contributed by atoms with E-state index in [9.17, 15) is 4.79 Å². The third-order valence-electron chi connectivity index (χ3n) is 3.23. The number of hydrogen-bond acceptors (Lipinski definition) is 3. The highest BCUT2D eigenvalue weighted by Crippen LogP contribution is 2.23. The van der Waals surface area contributed by atoms with Gasteiger partial charge >= 0.3 is 0 Å². The largest absolute Gasteiger partial charge is 0.378 e. The van der Waals surface area contributed by atoms with E-state index in [-0.39, 0.29) is 19.0 Å². The van der Waals surface area contributed by atoms with Crippen molar-refractivity contribution in [2.75, 3.05) is 20.1 Å². The Labute approximate surface area is 120 Å². The summed E-state index contributed by atoms with van der Waals surface area (Å²) in [5.74, 6) is -0.167. The Hall–Kier alpha value is -1.65. The van der Waals surface area contributed by atoms with Gasteiger partial charge in [-0.2, -0.15) is 0 Å². The zero-order chi connectivity index (χ0) is 15.9. The number of carbonyl (C=O) groups is 1. The van der Waals surface area contributed by atoms with Crippen molar-refractivity contribution in [3.05, 3.63) is 41.0 Å². The van der Waals surface area contributed by atoms with Crippen molar-refractivity contribution in [3.8, 4) is 0 Å². The van der Waals surface area contributed by atoms with Gasteiger partial charge in [0.05, 0.1) is 15.7 Å². The Bertz CT molecular complexity index is 730. The van der Waals surface area contributed by atoms with Crippen molar-refractivity contribution < 1.29 is 13.6 Å². The molecule has 2 aromatic rings. The second kappa shape index (κ2) is 4.79. The van der Waals surface area contributed by atoms with Gasteiger partial charge < -0.3 is 9.64 Å². The fraction of sp³-hybridized carbons (Fsp3) is 0.286. The van der Waals surface area contributed by atoms with E-state index in [1.165, 1.54) is 0 Å². The molecule has 1 aliphatic heterocycles. The molecule has 0 unspecified atom stereocenters. The number of aromatic nitrogens is 1.